The van der Waals surface area contributed by atoms with E-state index in [1.54, 1.807) is 54.6 Å². The van der Waals surface area contributed by atoms with E-state index in [0.29, 0.717) is 27.7 Å². The Balaban J connectivity index is 1.66. The maximum absolute atomic E-state index is 12.6. The van der Waals surface area contributed by atoms with Crippen LogP contribution < -0.4 is 15.4 Å². The molecular formula is C26H22ClN3O3. The van der Waals surface area contributed by atoms with Crippen LogP contribution in [0.4, 0.5) is 11.4 Å². The SMILES string of the molecule is Cc1cccc(NC(=O)/C(C#N)=C\c2cccc(OCC(=O)Nc3ccccc3Cl)c2)c1C. The van der Waals surface area contributed by atoms with Gasteiger partial charge in [0.2, 0.25) is 0 Å². The monoisotopic (exact) mass is 459 g/mol. The van der Waals surface area contributed by atoms with Crippen LogP contribution in [-0.4, -0.2) is 18.4 Å². The minimum atomic E-state index is -0.503. The maximum atomic E-state index is 12.6. The third kappa shape index (κ3) is 6.45. The predicted octanol–water partition coefficient (Wildman–Crippen LogP) is 5.52. The highest BCUT2D eigenvalue weighted by atomic mass is 35.5. The normalized spacial score (nSPS) is 10.8. The molecule has 3 rings (SSSR count). The first-order chi connectivity index (χ1) is 15.9. The number of rotatable bonds is 7. The molecule has 0 unspecified atom stereocenters. The van der Waals surface area contributed by atoms with Gasteiger partial charge in [-0.15, -0.1) is 0 Å². The summed E-state index contributed by atoms with van der Waals surface area (Å²) in [7, 11) is 0. The van der Waals surface area contributed by atoms with E-state index in [1.807, 2.05) is 32.0 Å². The number of carbonyl (C=O) groups excluding carboxylic acids is 2. The highest BCUT2D eigenvalue weighted by Gasteiger charge is 2.12. The lowest BCUT2D eigenvalue weighted by Gasteiger charge is -2.10. The molecule has 166 valence electrons. The van der Waals surface area contributed by atoms with Crippen LogP contribution in [0.2, 0.25) is 5.02 Å². The summed E-state index contributed by atoms with van der Waals surface area (Å²) in [5.41, 5.74) is 3.67. The number of nitrogens with zero attached hydrogens (tertiary/aromatic N) is 1. The molecule has 0 aliphatic rings. The number of hydrogen-bond acceptors (Lipinski definition) is 4. The Morgan fingerprint density at radius 2 is 1.73 bits per heavy atom. The highest BCUT2D eigenvalue weighted by Crippen LogP contribution is 2.22. The smallest absolute Gasteiger partial charge is 0.266 e. The fraction of sp³-hybridized carbons (Fsp3) is 0.115. The molecule has 0 aliphatic carbocycles. The summed E-state index contributed by atoms with van der Waals surface area (Å²) >= 11 is 6.04. The van der Waals surface area contributed by atoms with Crippen molar-refractivity contribution in [2.24, 2.45) is 0 Å². The van der Waals surface area contributed by atoms with Gasteiger partial charge in [-0.05, 0) is 66.9 Å². The zero-order valence-electron chi connectivity index (χ0n) is 18.2. The Morgan fingerprint density at radius 3 is 2.48 bits per heavy atom. The molecule has 6 nitrogen and oxygen atoms in total. The van der Waals surface area contributed by atoms with Gasteiger partial charge in [-0.3, -0.25) is 9.59 Å². The second kappa shape index (κ2) is 11.0. The minimum absolute atomic E-state index is 0.0514. The van der Waals surface area contributed by atoms with Crippen LogP contribution in [0.25, 0.3) is 6.08 Å². The fourth-order valence-electron chi connectivity index (χ4n) is 2.98. The van der Waals surface area contributed by atoms with Gasteiger partial charge in [0.25, 0.3) is 11.8 Å². The van der Waals surface area contributed by atoms with Gasteiger partial charge >= 0.3 is 0 Å². The molecule has 0 saturated carbocycles. The molecule has 0 atom stereocenters. The van der Waals surface area contributed by atoms with E-state index in [9.17, 15) is 14.9 Å². The lowest BCUT2D eigenvalue weighted by atomic mass is 10.1. The first kappa shape index (κ1) is 23.6. The van der Waals surface area contributed by atoms with Gasteiger partial charge in [0.15, 0.2) is 6.61 Å². The molecule has 0 aromatic heterocycles. The van der Waals surface area contributed by atoms with Crippen LogP contribution in [0.1, 0.15) is 16.7 Å². The van der Waals surface area contributed by atoms with Crippen molar-refractivity contribution in [3.8, 4) is 11.8 Å². The third-order valence-electron chi connectivity index (χ3n) is 4.90. The van der Waals surface area contributed by atoms with Crippen LogP contribution in [0.5, 0.6) is 5.75 Å². The molecular weight excluding hydrogens is 438 g/mol. The Bertz CT molecular complexity index is 1260. The minimum Gasteiger partial charge on any atom is -0.484 e. The number of amides is 2. The number of nitrogens with one attached hydrogen (secondary N) is 2. The van der Waals surface area contributed by atoms with Gasteiger partial charge in [0.05, 0.1) is 10.7 Å². The summed E-state index contributed by atoms with van der Waals surface area (Å²) in [6, 6.07) is 21.2. The number of halogens is 1. The molecule has 0 spiro atoms. The molecule has 0 heterocycles. The second-order valence-corrected chi connectivity index (χ2v) is 7.67. The molecule has 3 aromatic rings. The number of hydrogen-bond donors (Lipinski definition) is 2. The molecule has 33 heavy (non-hydrogen) atoms. The highest BCUT2D eigenvalue weighted by molar-refractivity contribution is 6.33. The molecule has 0 aliphatic heterocycles. The number of benzene rings is 3. The Kier molecular flexibility index (Phi) is 7.85. The zero-order valence-corrected chi connectivity index (χ0v) is 18.9. The Hall–Kier alpha value is -4.08. The van der Waals surface area contributed by atoms with E-state index in [1.165, 1.54) is 6.08 Å². The van der Waals surface area contributed by atoms with E-state index >= 15 is 0 Å². The summed E-state index contributed by atoms with van der Waals surface area (Å²) < 4.78 is 5.55. The lowest BCUT2D eigenvalue weighted by Crippen LogP contribution is -2.20. The number of aryl methyl sites for hydroxylation is 1. The number of nitriles is 1. The quantitative estimate of drug-likeness (QED) is 0.359. The van der Waals surface area contributed by atoms with Crippen LogP contribution in [-0.2, 0) is 9.59 Å². The summed E-state index contributed by atoms with van der Waals surface area (Å²) in [5.74, 6) is -0.448. The Labute approximate surface area is 197 Å². The number of ether oxygens (including phenoxy) is 1. The van der Waals surface area contributed by atoms with Crippen molar-refractivity contribution < 1.29 is 14.3 Å². The van der Waals surface area contributed by atoms with Crippen LogP contribution in [0, 0.1) is 25.2 Å². The van der Waals surface area contributed by atoms with Crippen molar-refractivity contribution in [3.05, 3.63) is 94.0 Å². The third-order valence-corrected chi connectivity index (χ3v) is 5.23. The average molecular weight is 460 g/mol. The van der Waals surface area contributed by atoms with E-state index < -0.39 is 5.91 Å². The molecule has 0 radical (unpaired) electrons. The van der Waals surface area contributed by atoms with Crippen molar-refractivity contribution in [1.82, 2.24) is 0 Å². The van der Waals surface area contributed by atoms with Gasteiger partial charge in [-0.25, -0.2) is 0 Å². The second-order valence-electron chi connectivity index (χ2n) is 7.26. The van der Waals surface area contributed by atoms with E-state index in [-0.39, 0.29) is 18.1 Å². The summed E-state index contributed by atoms with van der Waals surface area (Å²) in [6.07, 6.45) is 1.47. The molecule has 2 amide bonds. The number of anilines is 2. The Morgan fingerprint density at radius 1 is 1.00 bits per heavy atom. The van der Waals surface area contributed by atoms with Gasteiger partial charge in [0.1, 0.15) is 17.4 Å². The molecule has 0 bridgehead atoms. The van der Waals surface area contributed by atoms with Crippen molar-refractivity contribution in [1.29, 1.82) is 5.26 Å². The maximum Gasteiger partial charge on any atom is 0.266 e. The van der Waals surface area contributed by atoms with E-state index in [0.717, 1.165) is 11.1 Å². The number of para-hydroxylation sites is 1. The average Bonchev–Trinajstić information content (AvgIpc) is 2.81. The molecule has 3 aromatic carbocycles. The van der Waals surface area contributed by atoms with Crippen LogP contribution in [0.3, 0.4) is 0 Å². The van der Waals surface area contributed by atoms with Gasteiger partial charge in [0, 0.05) is 5.69 Å². The van der Waals surface area contributed by atoms with E-state index in [4.69, 9.17) is 16.3 Å². The standard InChI is InChI=1S/C26H22ClN3O3/c1-17-7-5-12-23(18(17)2)30-26(32)20(15-28)13-19-8-6-9-21(14-19)33-16-25(31)29-24-11-4-3-10-22(24)27/h3-14H,16H2,1-2H3,(H,29,31)(H,30,32)/b20-13-. The van der Waals surface area contributed by atoms with E-state index in [2.05, 4.69) is 10.6 Å². The molecule has 2 N–H and O–H groups in total. The van der Waals surface area contributed by atoms with Crippen molar-refractivity contribution in [2.75, 3.05) is 17.2 Å². The van der Waals surface area contributed by atoms with Gasteiger partial charge in [-0.2, -0.15) is 5.26 Å². The zero-order chi connectivity index (χ0) is 23.8. The predicted molar refractivity (Wildman–Crippen MR) is 130 cm³/mol. The first-order valence-corrected chi connectivity index (χ1v) is 10.5. The topological polar surface area (TPSA) is 91.2 Å². The fourth-order valence-corrected chi connectivity index (χ4v) is 3.17. The van der Waals surface area contributed by atoms with Crippen molar-refractivity contribution >= 4 is 40.9 Å². The van der Waals surface area contributed by atoms with Gasteiger partial charge in [-0.1, -0.05) is 48.0 Å². The summed E-state index contributed by atoms with van der Waals surface area (Å²) in [4.78, 5) is 24.8. The summed E-state index contributed by atoms with van der Waals surface area (Å²) in [5, 5.41) is 15.4. The first-order valence-electron chi connectivity index (χ1n) is 10.1. The summed E-state index contributed by atoms with van der Waals surface area (Å²) in [6.45, 7) is 3.63. The molecule has 0 saturated heterocycles. The van der Waals surface area contributed by atoms with Crippen molar-refractivity contribution in [2.45, 2.75) is 13.8 Å². The number of carbonyl (C=O) groups is 2. The van der Waals surface area contributed by atoms with Crippen LogP contribution >= 0.6 is 11.6 Å². The van der Waals surface area contributed by atoms with Gasteiger partial charge < -0.3 is 15.4 Å². The molecule has 0 fully saturated rings. The molecule has 7 heteroatoms. The largest absolute Gasteiger partial charge is 0.484 e. The lowest BCUT2D eigenvalue weighted by molar-refractivity contribution is -0.118. The van der Waals surface area contributed by atoms with Crippen molar-refractivity contribution in [3.63, 3.8) is 0 Å². The van der Waals surface area contributed by atoms with Crippen LogP contribution in [0.15, 0.2) is 72.3 Å².